The minimum absolute atomic E-state index is 0.0477. The summed E-state index contributed by atoms with van der Waals surface area (Å²) in [5.41, 5.74) is 4.21. The van der Waals surface area contributed by atoms with Gasteiger partial charge < -0.3 is 14.5 Å². The molecule has 2 heterocycles. The second kappa shape index (κ2) is 10.8. The molecular formula is C24H30N6O2S. The Kier molecular flexibility index (Phi) is 7.61. The molecule has 0 N–H and O–H groups in total. The number of aryl methyl sites for hydroxylation is 1. The lowest BCUT2D eigenvalue weighted by Crippen LogP contribution is -2.38. The Morgan fingerprint density at radius 1 is 1.18 bits per heavy atom. The Bertz CT molecular complexity index is 1060. The molecule has 8 nitrogen and oxygen atoms in total. The Hall–Kier alpha value is -2.91. The average molecular weight is 467 g/mol. The first-order valence-electron chi connectivity index (χ1n) is 11.1. The van der Waals surface area contributed by atoms with Gasteiger partial charge in [-0.3, -0.25) is 4.79 Å². The first kappa shape index (κ1) is 23.3. The third-order valence-corrected chi connectivity index (χ3v) is 6.64. The van der Waals surface area contributed by atoms with Gasteiger partial charge in [-0.1, -0.05) is 42.1 Å². The lowest BCUT2D eigenvalue weighted by molar-refractivity contribution is -0.130. The number of aromatic nitrogens is 4. The van der Waals surface area contributed by atoms with Crippen LogP contribution in [-0.4, -0.2) is 70.1 Å². The van der Waals surface area contributed by atoms with E-state index < -0.39 is 0 Å². The van der Waals surface area contributed by atoms with Gasteiger partial charge in [0.2, 0.25) is 11.1 Å². The summed E-state index contributed by atoms with van der Waals surface area (Å²) in [4.78, 5) is 17.2. The van der Waals surface area contributed by atoms with Gasteiger partial charge in [-0.2, -0.15) is 4.68 Å². The smallest absolute Gasteiger partial charge is 0.233 e. The van der Waals surface area contributed by atoms with Crippen molar-refractivity contribution in [2.45, 2.75) is 37.6 Å². The van der Waals surface area contributed by atoms with Crippen molar-refractivity contribution in [1.82, 2.24) is 25.1 Å². The Morgan fingerprint density at radius 3 is 2.67 bits per heavy atom. The summed E-state index contributed by atoms with van der Waals surface area (Å²) >= 11 is 1.36. The maximum atomic E-state index is 13.3. The molecule has 3 aromatic rings. The van der Waals surface area contributed by atoms with Crippen molar-refractivity contribution in [3.05, 3.63) is 59.7 Å². The van der Waals surface area contributed by atoms with Crippen LogP contribution in [0.25, 0.3) is 5.69 Å². The number of hydrogen-bond donors (Lipinski definition) is 0. The highest BCUT2D eigenvalue weighted by Crippen LogP contribution is 2.22. The largest absolute Gasteiger partial charge is 0.378 e. The minimum atomic E-state index is 0.0477. The van der Waals surface area contributed by atoms with Gasteiger partial charge in [-0.25, -0.2) is 0 Å². The van der Waals surface area contributed by atoms with Crippen molar-refractivity contribution >= 4 is 23.4 Å². The number of hydrogen-bond acceptors (Lipinski definition) is 7. The summed E-state index contributed by atoms with van der Waals surface area (Å²) in [5, 5.41) is 12.7. The summed E-state index contributed by atoms with van der Waals surface area (Å²) < 4.78 is 7.51. The molecule has 1 amide bonds. The predicted molar refractivity (Wildman–Crippen MR) is 130 cm³/mol. The van der Waals surface area contributed by atoms with Crippen LogP contribution in [0.4, 0.5) is 5.69 Å². The zero-order valence-corrected chi connectivity index (χ0v) is 20.2. The number of carbonyl (C=O) groups is 1. The number of nitrogens with zero attached hydrogens (tertiary/aromatic N) is 6. The summed E-state index contributed by atoms with van der Waals surface area (Å²) in [6, 6.07) is 16.2. The van der Waals surface area contributed by atoms with E-state index in [4.69, 9.17) is 4.74 Å². The van der Waals surface area contributed by atoms with E-state index in [1.165, 1.54) is 11.8 Å². The monoisotopic (exact) mass is 466 g/mol. The molecule has 174 valence electrons. The van der Waals surface area contributed by atoms with Gasteiger partial charge in [0.05, 0.1) is 17.5 Å². The molecule has 1 fully saturated rings. The number of anilines is 1. The van der Waals surface area contributed by atoms with E-state index in [1.807, 2.05) is 50.2 Å². The molecule has 0 spiro atoms. The topological polar surface area (TPSA) is 76.4 Å². The van der Waals surface area contributed by atoms with Gasteiger partial charge in [-0.15, -0.1) is 5.10 Å². The summed E-state index contributed by atoms with van der Waals surface area (Å²) in [5.74, 6) is 0.306. The van der Waals surface area contributed by atoms with Gasteiger partial charge in [0, 0.05) is 39.5 Å². The zero-order chi connectivity index (χ0) is 23.2. The molecule has 4 rings (SSSR count). The molecule has 0 aliphatic carbocycles. The molecule has 2 aromatic carbocycles. The van der Waals surface area contributed by atoms with Crippen molar-refractivity contribution in [3.63, 3.8) is 0 Å². The average Bonchev–Trinajstić information content (AvgIpc) is 3.50. The normalized spacial score (nSPS) is 15.5. The lowest BCUT2D eigenvalue weighted by Gasteiger charge is -2.26. The van der Waals surface area contributed by atoms with Crippen LogP contribution in [0.3, 0.4) is 0 Å². The first-order chi connectivity index (χ1) is 16.0. The molecule has 0 saturated carbocycles. The van der Waals surface area contributed by atoms with Gasteiger partial charge >= 0.3 is 0 Å². The minimum Gasteiger partial charge on any atom is -0.378 e. The molecule has 9 heteroatoms. The molecule has 0 bridgehead atoms. The number of benzene rings is 2. The lowest BCUT2D eigenvalue weighted by atomic mass is 10.1. The molecule has 1 saturated heterocycles. The molecule has 0 unspecified atom stereocenters. The van der Waals surface area contributed by atoms with Crippen LogP contribution in [0.1, 0.15) is 24.0 Å². The highest BCUT2D eigenvalue weighted by atomic mass is 32.2. The van der Waals surface area contributed by atoms with E-state index in [1.54, 1.807) is 4.68 Å². The number of amides is 1. The fourth-order valence-corrected chi connectivity index (χ4v) is 4.63. The number of carbonyl (C=O) groups excluding carboxylic acids is 1. The van der Waals surface area contributed by atoms with Crippen molar-refractivity contribution in [1.29, 1.82) is 0 Å². The number of rotatable bonds is 9. The molecule has 1 aromatic heterocycles. The van der Waals surface area contributed by atoms with Crippen LogP contribution >= 0.6 is 11.8 Å². The number of tetrazole rings is 1. The number of ether oxygens (including phenoxy) is 1. The van der Waals surface area contributed by atoms with Gasteiger partial charge in [0.1, 0.15) is 0 Å². The van der Waals surface area contributed by atoms with Gasteiger partial charge in [0.25, 0.3) is 0 Å². The second-order valence-electron chi connectivity index (χ2n) is 8.42. The quantitative estimate of drug-likeness (QED) is 0.448. The van der Waals surface area contributed by atoms with Gasteiger partial charge in [-0.05, 0) is 59.5 Å². The Morgan fingerprint density at radius 2 is 1.97 bits per heavy atom. The van der Waals surface area contributed by atoms with E-state index in [0.717, 1.165) is 42.0 Å². The number of thioether (sulfide) groups is 1. The standard InChI is InChI=1S/C24H30N6O2S/c1-18-7-4-5-9-22(18)30-24(25-26-27-30)33-17-23(31)29(16-21-8-6-14-32-21)15-19-10-12-20(13-11-19)28(2)3/h4-5,7,9-13,21H,6,8,14-17H2,1-3H3/t21-/m1/s1. The fourth-order valence-electron chi connectivity index (χ4n) is 3.85. The summed E-state index contributed by atoms with van der Waals surface area (Å²) in [6.07, 6.45) is 2.13. The van der Waals surface area contributed by atoms with Crippen LogP contribution < -0.4 is 4.90 Å². The summed E-state index contributed by atoms with van der Waals surface area (Å²) in [6.45, 7) is 3.93. The van der Waals surface area contributed by atoms with E-state index in [-0.39, 0.29) is 17.8 Å². The molecule has 1 atom stereocenters. The van der Waals surface area contributed by atoms with E-state index in [2.05, 4.69) is 44.7 Å². The molecule has 1 aliphatic rings. The molecule has 33 heavy (non-hydrogen) atoms. The van der Waals surface area contributed by atoms with Crippen molar-refractivity contribution < 1.29 is 9.53 Å². The first-order valence-corrected chi connectivity index (χ1v) is 12.1. The second-order valence-corrected chi connectivity index (χ2v) is 9.36. The van der Waals surface area contributed by atoms with E-state index in [0.29, 0.717) is 18.2 Å². The fraction of sp³-hybridized carbons (Fsp3) is 0.417. The predicted octanol–water partition coefficient (Wildman–Crippen LogP) is 3.34. The Labute approximate surface area is 198 Å². The number of para-hydroxylation sites is 1. The van der Waals surface area contributed by atoms with Gasteiger partial charge in [0.15, 0.2) is 0 Å². The van der Waals surface area contributed by atoms with Crippen LogP contribution in [0.5, 0.6) is 0 Å². The molecule has 0 radical (unpaired) electrons. The summed E-state index contributed by atoms with van der Waals surface area (Å²) in [7, 11) is 4.04. The van der Waals surface area contributed by atoms with Crippen molar-refractivity contribution in [2.75, 3.05) is 37.9 Å². The molecule has 1 aliphatic heterocycles. The van der Waals surface area contributed by atoms with Crippen molar-refractivity contribution in [3.8, 4) is 5.69 Å². The van der Waals surface area contributed by atoms with Crippen LogP contribution in [-0.2, 0) is 16.1 Å². The maximum Gasteiger partial charge on any atom is 0.233 e. The highest BCUT2D eigenvalue weighted by molar-refractivity contribution is 7.99. The third-order valence-electron chi connectivity index (χ3n) is 5.74. The van der Waals surface area contributed by atoms with Crippen molar-refractivity contribution in [2.24, 2.45) is 0 Å². The van der Waals surface area contributed by atoms with E-state index >= 15 is 0 Å². The SMILES string of the molecule is Cc1ccccc1-n1nnnc1SCC(=O)N(Cc1ccc(N(C)C)cc1)C[C@H]1CCCO1. The van der Waals surface area contributed by atoms with Crippen LogP contribution in [0, 0.1) is 6.92 Å². The van der Waals surface area contributed by atoms with Crippen LogP contribution in [0.2, 0.25) is 0 Å². The maximum absolute atomic E-state index is 13.3. The third kappa shape index (κ3) is 5.91. The highest BCUT2D eigenvalue weighted by Gasteiger charge is 2.24. The Balaban J connectivity index is 1.45. The molecular weight excluding hydrogens is 436 g/mol. The zero-order valence-electron chi connectivity index (χ0n) is 19.3. The van der Waals surface area contributed by atoms with Crippen LogP contribution in [0.15, 0.2) is 53.7 Å². The van der Waals surface area contributed by atoms with E-state index in [9.17, 15) is 4.79 Å².